The molecule has 2 aliphatic rings. The van der Waals surface area contributed by atoms with Crippen LogP contribution in [-0.2, 0) is 9.47 Å². The number of primary amides is 1. The Labute approximate surface area is 177 Å². The summed E-state index contributed by atoms with van der Waals surface area (Å²) >= 11 is 1.27. The minimum atomic E-state index is -0.764. The molecule has 2 fully saturated rings. The number of anilines is 3. The number of benzene rings is 1. The van der Waals surface area contributed by atoms with Gasteiger partial charge in [-0.15, -0.1) is 10.2 Å². The molecule has 0 saturated carbocycles. The highest BCUT2D eigenvalue weighted by atomic mass is 32.2. The Balaban J connectivity index is 1.46. The Morgan fingerprint density at radius 1 is 1.27 bits per heavy atom. The second-order valence-corrected chi connectivity index (χ2v) is 7.86. The second kappa shape index (κ2) is 9.11. The number of piperidine rings is 1. The fourth-order valence-electron chi connectivity index (χ4n) is 3.69. The van der Waals surface area contributed by atoms with Crippen LogP contribution < -0.4 is 16.0 Å². The van der Waals surface area contributed by atoms with Gasteiger partial charge in [0.05, 0.1) is 18.9 Å². The summed E-state index contributed by atoms with van der Waals surface area (Å²) in [6, 6.07) is 4.82. The van der Waals surface area contributed by atoms with E-state index in [-0.39, 0.29) is 23.6 Å². The lowest BCUT2D eigenvalue weighted by molar-refractivity contribution is -0.0889. The van der Waals surface area contributed by atoms with E-state index in [2.05, 4.69) is 20.5 Å². The van der Waals surface area contributed by atoms with E-state index < -0.39 is 5.91 Å². The Kier molecular flexibility index (Phi) is 6.30. The molecule has 3 N–H and O–H groups in total. The number of aromatic nitrogens is 3. The van der Waals surface area contributed by atoms with Crippen molar-refractivity contribution in [3.8, 4) is 0 Å². The van der Waals surface area contributed by atoms with Crippen molar-refractivity contribution in [3.63, 3.8) is 0 Å². The molecule has 1 aromatic carbocycles. The molecule has 0 radical (unpaired) electrons. The lowest BCUT2D eigenvalue weighted by Crippen LogP contribution is -2.38. The molecule has 160 valence electrons. The van der Waals surface area contributed by atoms with Crippen molar-refractivity contribution in [1.29, 1.82) is 0 Å². The molecule has 30 heavy (non-hydrogen) atoms. The number of ether oxygens (including phenoxy) is 2. The van der Waals surface area contributed by atoms with E-state index in [0.717, 1.165) is 25.9 Å². The molecule has 1 aromatic heterocycles. The third kappa shape index (κ3) is 4.47. The molecule has 1 amide bonds. The number of nitrogens with two attached hydrogens (primary N) is 1. The molecule has 11 heteroatoms. The van der Waals surface area contributed by atoms with Crippen LogP contribution in [0, 0.1) is 11.7 Å². The standard InChI is InChI=1S/C19H23FN6O3S/c1-30-19-23-17(15(16(21)27)24-25-19)22-12-2-3-14(13(20)10-12)26-6-4-11(5-7-26)18-28-8-9-29-18/h2-3,10-11,18H,4-9H2,1H3,(H2,21,27)(H,22,23,25). The van der Waals surface area contributed by atoms with Crippen molar-refractivity contribution >= 4 is 34.9 Å². The maximum Gasteiger partial charge on any atom is 0.273 e. The van der Waals surface area contributed by atoms with E-state index in [1.807, 2.05) is 4.90 Å². The summed E-state index contributed by atoms with van der Waals surface area (Å²) in [7, 11) is 0. The van der Waals surface area contributed by atoms with Gasteiger partial charge >= 0.3 is 0 Å². The highest BCUT2D eigenvalue weighted by molar-refractivity contribution is 7.98. The molecule has 0 bridgehead atoms. The van der Waals surface area contributed by atoms with Crippen molar-refractivity contribution in [3.05, 3.63) is 29.7 Å². The van der Waals surface area contributed by atoms with E-state index >= 15 is 0 Å². The summed E-state index contributed by atoms with van der Waals surface area (Å²) < 4.78 is 26.1. The molecular weight excluding hydrogens is 411 g/mol. The van der Waals surface area contributed by atoms with E-state index in [9.17, 15) is 9.18 Å². The zero-order valence-electron chi connectivity index (χ0n) is 16.5. The quantitative estimate of drug-likeness (QED) is 0.660. The SMILES string of the molecule is CSc1nnc(C(N)=O)c(Nc2ccc(N3CCC(C4OCCO4)CC3)c(F)c2)n1. The van der Waals surface area contributed by atoms with E-state index in [1.165, 1.54) is 17.8 Å². The largest absolute Gasteiger partial charge is 0.369 e. The lowest BCUT2D eigenvalue weighted by Gasteiger charge is -2.35. The van der Waals surface area contributed by atoms with Crippen LogP contribution in [0.2, 0.25) is 0 Å². The molecular formula is C19H23FN6O3S. The number of rotatable bonds is 6. The smallest absolute Gasteiger partial charge is 0.273 e. The molecule has 4 rings (SSSR count). The Hall–Kier alpha value is -2.50. The van der Waals surface area contributed by atoms with Gasteiger partial charge in [0, 0.05) is 24.7 Å². The van der Waals surface area contributed by atoms with Gasteiger partial charge in [-0.05, 0) is 37.3 Å². The van der Waals surface area contributed by atoms with Crippen LogP contribution in [-0.4, -0.2) is 59.9 Å². The minimum absolute atomic E-state index is 0.101. The normalized spacial score (nSPS) is 18.0. The molecule has 0 atom stereocenters. The Morgan fingerprint density at radius 3 is 2.63 bits per heavy atom. The van der Waals surface area contributed by atoms with Crippen LogP contribution in [0.5, 0.6) is 0 Å². The first-order chi connectivity index (χ1) is 14.5. The minimum Gasteiger partial charge on any atom is -0.369 e. The summed E-state index contributed by atoms with van der Waals surface area (Å²) in [6.07, 6.45) is 3.43. The first kappa shape index (κ1) is 20.8. The van der Waals surface area contributed by atoms with Crippen molar-refractivity contribution in [2.24, 2.45) is 11.7 Å². The van der Waals surface area contributed by atoms with Crippen LogP contribution in [0.15, 0.2) is 23.4 Å². The Morgan fingerprint density at radius 2 is 2.00 bits per heavy atom. The van der Waals surface area contributed by atoms with Gasteiger partial charge in [0.2, 0.25) is 5.16 Å². The third-order valence-electron chi connectivity index (χ3n) is 5.21. The average molecular weight is 434 g/mol. The lowest BCUT2D eigenvalue weighted by atomic mass is 9.95. The summed E-state index contributed by atoms with van der Waals surface area (Å²) in [6.45, 7) is 2.75. The van der Waals surface area contributed by atoms with Crippen LogP contribution in [0.4, 0.5) is 21.6 Å². The van der Waals surface area contributed by atoms with Crippen LogP contribution in [0.1, 0.15) is 23.3 Å². The van der Waals surface area contributed by atoms with Crippen molar-refractivity contribution in [2.75, 3.05) is 42.8 Å². The third-order valence-corrected chi connectivity index (χ3v) is 5.74. The molecule has 9 nitrogen and oxygen atoms in total. The summed E-state index contributed by atoms with van der Waals surface area (Å²) in [5.74, 6) is -0.637. The van der Waals surface area contributed by atoms with Gasteiger partial charge in [-0.3, -0.25) is 4.79 Å². The number of halogens is 1. The van der Waals surface area contributed by atoms with E-state index in [1.54, 1.807) is 18.4 Å². The van der Waals surface area contributed by atoms with Gasteiger partial charge in [-0.1, -0.05) is 11.8 Å². The van der Waals surface area contributed by atoms with Crippen molar-refractivity contribution in [1.82, 2.24) is 15.2 Å². The number of nitrogens with one attached hydrogen (secondary N) is 1. The second-order valence-electron chi connectivity index (χ2n) is 7.09. The summed E-state index contributed by atoms with van der Waals surface area (Å²) in [5.41, 5.74) is 6.21. The highest BCUT2D eigenvalue weighted by Gasteiger charge is 2.31. The van der Waals surface area contributed by atoms with Crippen LogP contribution in [0.25, 0.3) is 0 Å². The number of hydrogen-bond donors (Lipinski definition) is 2. The van der Waals surface area contributed by atoms with E-state index in [0.29, 0.717) is 35.7 Å². The fraction of sp³-hybridized carbons (Fsp3) is 0.474. The van der Waals surface area contributed by atoms with E-state index in [4.69, 9.17) is 15.2 Å². The highest BCUT2D eigenvalue weighted by Crippen LogP contribution is 2.31. The van der Waals surface area contributed by atoms with Gasteiger partial charge in [-0.2, -0.15) is 0 Å². The number of amides is 1. The molecule has 2 aromatic rings. The maximum atomic E-state index is 14.9. The monoisotopic (exact) mass is 434 g/mol. The van der Waals surface area contributed by atoms with Crippen LogP contribution in [0.3, 0.4) is 0 Å². The first-order valence-corrected chi connectivity index (χ1v) is 10.9. The van der Waals surface area contributed by atoms with Gasteiger partial charge < -0.3 is 25.4 Å². The van der Waals surface area contributed by atoms with Crippen molar-refractivity contribution < 1.29 is 18.7 Å². The zero-order chi connectivity index (χ0) is 21.1. The number of carbonyl (C=O) groups excluding carboxylic acids is 1. The molecule has 2 aliphatic heterocycles. The predicted molar refractivity (Wildman–Crippen MR) is 110 cm³/mol. The maximum absolute atomic E-state index is 14.9. The van der Waals surface area contributed by atoms with Gasteiger partial charge in [0.1, 0.15) is 5.82 Å². The fourth-order valence-corrected chi connectivity index (χ4v) is 3.99. The number of nitrogens with zero attached hydrogens (tertiary/aromatic N) is 4. The average Bonchev–Trinajstić information content (AvgIpc) is 3.29. The van der Waals surface area contributed by atoms with Crippen LogP contribution >= 0.6 is 11.8 Å². The zero-order valence-corrected chi connectivity index (χ0v) is 17.3. The Bertz CT molecular complexity index is 919. The first-order valence-electron chi connectivity index (χ1n) is 9.68. The number of hydrogen-bond acceptors (Lipinski definition) is 9. The van der Waals surface area contributed by atoms with Crippen molar-refractivity contribution in [2.45, 2.75) is 24.3 Å². The molecule has 0 spiro atoms. The number of thioether (sulfide) groups is 1. The van der Waals surface area contributed by atoms with Gasteiger partial charge in [0.25, 0.3) is 5.91 Å². The predicted octanol–water partition coefficient (Wildman–Crippen LogP) is 2.16. The molecule has 2 saturated heterocycles. The number of carbonyl (C=O) groups is 1. The molecule has 3 heterocycles. The topological polar surface area (TPSA) is 115 Å². The summed E-state index contributed by atoms with van der Waals surface area (Å²) in [5, 5.41) is 10.9. The van der Waals surface area contributed by atoms with Gasteiger partial charge in [-0.25, -0.2) is 9.37 Å². The van der Waals surface area contributed by atoms with Gasteiger partial charge in [0.15, 0.2) is 17.8 Å². The molecule has 0 unspecified atom stereocenters. The molecule has 0 aliphatic carbocycles. The summed E-state index contributed by atoms with van der Waals surface area (Å²) in [4.78, 5) is 17.8.